The molecule has 0 atom stereocenters. The molecule has 1 aromatic carbocycles. The van der Waals surface area contributed by atoms with Crippen LogP contribution in [0.25, 0.3) is 0 Å². The van der Waals surface area contributed by atoms with E-state index in [0.717, 1.165) is 37.7 Å². The van der Waals surface area contributed by atoms with Crippen LogP contribution in [0.4, 0.5) is 0 Å². The molecule has 0 aliphatic heterocycles. The van der Waals surface area contributed by atoms with Crippen molar-refractivity contribution in [1.82, 2.24) is 10.6 Å². The summed E-state index contributed by atoms with van der Waals surface area (Å²) in [6.45, 7) is 5.17. The number of hydrogen-bond acceptors (Lipinski definition) is 5. The molecular weight excluding hydrogens is 497 g/mol. The molecule has 8 heteroatoms. The Balaban J connectivity index is 0.00000450. The Morgan fingerprint density at radius 3 is 2.17 bits per heavy atom. The molecule has 0 aromatic heterocycles. The highest BCUT2D eigenvalue weighted by atomic mass is 127. The van der Waals surface area contributed by atoms with Gasteiger partial charge >= 0.3 is 0 Å². The van der Waals surface area contributed by atoms with Crippen LogP contribution in [0.3, 0.4) is 0 Å². The van der Waals surface area contributed by atoms with E-state index in [1.165, 1.54) is 25.7 Å². The van der Waals surface area contributed by atoms with Gasteiger partial charge in [0, 0.05) is 33.4 Å². The molecule has 1 aliphatic rings. The third kappa shape index (κ3) is 7.37. The minimum absolute atomic E-state index is 0. The average Bonchev–Trinajstić information content (AvgIpc) is 3.22. The zero-order chi connectivity index (χ0) is 21.1. The van der Waals surface area contributed by atoms with Gasteiger partial charge in [-0.2, -0.15) is 0 Å². The lowest BCUT2D eigenvalue weighted by molar-refractivity contribution is 0.105. The van der Waals surface area contributed by atoms with Crippen molar-refractivity contribution in [2.75, 3.05) is 48.1 Å². The second-order valence-electron chi connectivity index (χ2n) is 7.47. The van der Waals surface area contributed by atoms with Gasteiger partial charge in [0.1, 0.15) is 0 Å². The van der Waals surface area contributed by atoms with Gasteiger partial charge in [-0.1, -0.05) is 12.8 Å². The molecule has 0 unspecified atom stereocenters. The smallest absolute Gasteiger partial charge is 0.203 e. The first-order valence-electron chi connectivity index (χ1n) is 10.4. The molecule has 1 saturated carbocycles. The van der Waals surface area contributed by atoms with Gasteiger partial charge in [-0.3, -0.25) is 4.99 Å². The molecule has 2 rings (SSSR count). The maximum absolute atomic E-state index is 5.61. The minimum Gasteiger partial charge on any atom is -0.493 e. The summed E-state index contributed by atoms with van der Waals surface area (Å²) in [5.74, 6) is 2.68. The van der Waals surface area contributed by atoms with Crippen molar-refractivity contribution in [3.63, 3.8) is 0 Å². The monoisotopic (exact) mass is 535 g/mol. The highest BCUT2D eigenvalue weighted by Gasteiger charge is 2.33. The van der Waals surface area contributed by atoms with Crippen LogP contribution in [0.1, 0.15) is 44.6 Å². The Kier molecular flexibility index (Phi) is 12.2. The Hall–Kier alpha value is -1.42. The first kappa shape index (κ1) is 26.6. The van der Waals surface area contributed by atoms with Crippen molar-refractivity contribution in [2.24, 2.45) is 10.4 Å². The van der Waals surface area contributed by atoms with Gasteiger partial charge in [-0.05, 0) is 49.3 Å². The van der Waals surface area contributed by atoms with E-state index in [9.17, 15) is 0 Å². The second kappa shape index (κ2) is 13.8. The third-order valence-electron chi connectivity index (χ3n) is 5.68. The van der Waals surface area contributed by atoms with Crippen molar-refractivity contribution < 1.29 is 18.9 Å². The highest BCUT2D eigenvalue weighted by molar-refractivity contribution is 14.0. The van der Waals surface area contributed by atoms with Crippen LogP contribution in [0, 0.1) is 5.41 Å². The summed E-state index contributed by atoms with van der Waals surface area (Å²) in [4.78, 5) is 4.39. The van der Waals surface area contributed by atoms with Crippen LogP contribution < -0.4 is 24.8 Å². The molecular formula is C22H38IN3O4. The van der Waals surface area contributed by atoms with Crippen LogP contribution in [0.5, 0.6) is 17.2 Å². The SMILES string of the molecule is CCOCCC1(CNC(=NC)NCc2cc(OC)c(OC)c(OC)c2)CCCC1.I. The second-order valence-corrected chi connectivity index (χ2v) is 7.47. The number of nitrogens with zero attached hydrogens (tertiary/aromatic N) is 1. The maximum Gasteiger partial charge on any atom is 0.203 e. The van der Waals surface area contributed by atoms with Crippen molar-refractivity contribution >= 4 is 29.9 Å². The highest BCUT2D eigenvalue weighted by Crippen LogP contribution is 2.40. The molecule has 0 saturated heterocycles. The number of hydrogen-bond donors (Lipinski definition) is 2. The van der Waals surface area contributed by atoms with Gasteiger partial charge in [-0.15, -0.1) is 24.0 Å². The summed E-state index contributed by atoms with van der Waals surface area (Å²) in [6, 6.07) is 3.89. The first-order chi connectivity index (χ1) is 14.1. The molecule has 1 aromatic rings. The molecule has 172 valence electrons. The molecule has 1 aliphatic carbocycles. The molecule has 7 nitrogen and oxygen atoms in total. The van der Waals surface area contributed by atoms with E-state index >= 15 is 0 Å². The van der Waals surface area contributed by atoms with E-state index in [1.54, 1.807) is 28.4 Å². The molecule has 30 heavy (non-hydrogen) atoms. The van der Waals surface area contributed by atoms with Gasteiger partial charge in [0.15, 0.2) is 17.5 Å². The number of nitrogens with one attached hydrogen (secondary N) is 2. The molecule has 0 amide bonds. The van der Waals surface area contributed by atoms with E-state index in [0.29, 0.717) is 29.2 Å². The molecule has 0 bridgehead atoms. The standard InChI is InChI=1S/C22H37N3O4.HI/c1-6-29-12-11-22(9-7-8-10-22)16-25-21(23-2)24-15-17-13-18(26-3)20(28-5)19(14-17)27-4;/h13-14H,6-12,15-16H2,1-5H3,(H2,23,24,25);1H. The normalized spacial score (nSPS) is 15.3. The molecule has 0 spiro atoms. The number of ether oxygens (including phenoxy) is 4. The number of methoxy groups -OCH3 is 3. The van der Waals surface area contributed by atoms with Crippen molar-refractivity contribution in [3.8, 4) is 17.2 Å². The predicted octanol–water partition coefficient (Wildman–Crippen LogP) is 3.98. The summed E-state index contributed by atoms with van der Waals surface area (Å²) in [6.07, 6.45) is 6.18. The summed E-state index contributed by atoms with van der Waals surface area (Å²) in [7, 11) is 6.65. The van der Waals surface area contributed by atoms with E-state index in [1.807, 2.05) is 12.1 Å². The maximum atomic E-state index is 5.61. The van der Waals surface area contributed by atoms with Crippen molar-refractivity contribution in [1.29, 1.82) is 0 Å². The van der Waals surface area contributed by atoms with Gasteiger partial charge in [0.2, 0.25) is 5.75 Å². The molecule has 2 N–H and O–H groups in total. The van der Waals surface area contributed by atoms with Gasteiger partial charge in [0.25, 0.3) is 0 Å². The number of rotatable bonds is 11. The van der Waals surface area contributed by atoms with Gasteiger partial charge in [-0.25, -0.2) is 0 Å². The number of benzene rings is 1. The van der Waals surface area contributed by atoms with Gasteiger partial charge in [0.05, 0.1) is 21.3 Å². The lowest BCUT2D eigenvalue weighted by atomic mass is 9.83. The lowest BCUT2D eigenvalue weighted by Gasteiger charge is -2.30. The van der Waals surface area contributed by atoms with Crippen molar-refractivity contribution in [2.45, 2.75) is 45.6 Å². The predicted molar refractivity (Wildman–Crippen MR) is 132 cm³/mol. The average molecular weight is 535 g/mol. The summed E-state index contributed by atoms with van der Waals surface area (Å²) in [5.41, 5.74) is 1.33. The zero-order valence-corrected chi connectivity index (χ0v) is 21.3. The van der Waals surface area contributed by atoms with E-state index in [2.05, 4.69) is 22.5 Å². The fourth-order valence-corrected chi connectivity index (χ4v) is 3.99. The van der Waals surface area contributed by atoms with Crippen LogP contribution in [0.2, 0.25) is 0 Å². The van der Waals surface area contributed by atoms with Crippen LogP contribution in [-0.4, -0.2) is 54.1 Å². The lowest BCUT2D eigenvalue weighted by Crippen LogP contribution is -2.43. The third-order valence-corrected chi connectivity index (χ3v) is 5.68. The Morgan fingerprint density at radius 1 is 1.03 bits per heavy atom. The fourth-order valence-electron chi connectivity index (χ4n) is 3.99. The number of halogens is 1. The molecule has 0 radical (unpaired) electrons. The number of aliphatic imine (C=N–C) groups is 1. The quantitative estimate of drug-likeness (QED) is 0.193. The Labute approximate surface area is 198 Å². The number of guanidine groups is 1. The first-order valence-corrected chi connectivity index (χ1v) is 10.4. The van der Waals surface area contributed by atoms with Crippen LogP contribution in [0.15, 0.2) is 17.1 Å². The van der Waals surface area contributed by atoms with E-state index < -0.39 is 0 Å². The van der Waals surface area contributed by atoms with Crippen molar-refractivity contribution in [3.05, 3.63) is 17.7 Å². The topological polar surface area (TPSA) is 73.3 Å². The van der Waals surface area contributed by atoms with Crippen LogP contribution in [-0.2, 0) is 11.3 Å². The molecule has 0 heterocycles. The van der Waals surface area contributed by atoms with E-state index in [4.69, 9.17) is 18.9 Å². The summed E-state index contributed by atoms with van der Waals surface area (Å²) < 4.78 is 21.9. The fraction of sp³-hybridized carbons (Fsp3) is 0.682. The Morgan fingerprint density at radius 2 is 1.67 bits per heavy atom. The van der Waals surface area contributed by atoms with E-state index in [-0.39, 0.29) is 24.0 Å². The van der Waals surface area contributed by atoms with Crippen LogP contribution >= 0.6 is 24.0 Å². The zero-order valence-electron chi connectivity index (χ0n) is 19.0. The summed E-state index contributed by atoms with van der Waals surface area (Å²) >= 11 is 0. The molecule has 1 fully saturated rings. The Bertz CT molecular complexity index is 639. The largest absolute Gasteiger partial charge is 0.493 e. The van der Waals surface area contributed by atoms with Gasteiger partial charge < -0.3 is 29.6 Å². The summed E-state index contributed by atoms with van der Waals surface area (Å²) in [5, 5.41) is 6.92. The minimum atomic E-state index is 0.